The molecule has 0 spiro atoms. The van der Waals surface area contributed by atoms with Crippen molar-refractivity contribution in [2.75, 3.05) is 0 Å². The highest BCUT2D eigenvalue weighted by Gasteiger charge is 2.33. The highest BCUT2D eigenvalue weighted by molar-refractivity contribution is 6.00. The number of hydrogen-bond acceptors (Lipinski definition) is 1. The van der Waals surface area contributed by atoms with Crippen LogP contribution in [0.15, 0.2) is 12.1 Å². The first-order chi connectivity index (χ1) is 8.80. The van der Waals surface area contributed by atoms with Gasteiger partial charge in [0.05, 0.1) is 0 Å². The SMILES string of the molecule is CC(C)(C)c1ccc(O[SiH3])c(C(C)(C)C)c1C(C)(C)C. The molecule has 0 heterocycles. The molecule has 0 saturated carbocycles. The molecule has 20 heavy (non-hydrogen) atoms. The van der Waals surface area contributed by atoms with E-state index in [9.17, 15) is 0 Å². The van der Waals surface area contributed by atoms with E-state index in [1.165, 1.54) is 16.7 Å². The van der Waals surface area contributed by atoms with Crippen LogP contribution in [0.4, 0.5) is 0 Å². The Hall–Kier alpha value is -0.763. The Morgan fingerprint density at radius 2 is 1.15 bits per heavy atom. The van der Waals surface area contributed by atoms with Gasteiger partial charge in [-0.05, 0) is 33.4 Å². The lowest BCUT2D eigenvalue weighted by Crippen LogP contribution is -2.28. The molecule has 1 aromatic carbocycles. The zero-order valence-corrected chi connectivity index (χ0v) is 17.1. The summed E-state index contributed by atoms with van der Waals surface area (Å²) in [6, 6.07) is 4.44. The molecule has 0 amide bonds. The molecule has 114 valence electrons. The maximum atomic E-state index is 5.81. The summed E-state index contributed by atoms with van der Waals surface area (Å²) in [4.78, 5) is 0. The van der Waals surface area contributed by atoms with Crippen LogP contribution in [0.25, 0.3) is 0 Å². The quantitative estimate of drug-likeness (QED) is 0.704. The van der Waals surface area contributed by atoms with Crippen molar-refractivity contribution in [1.29, 1.82) is 0 Å². The zero-order chi connectivity index (χ0) is 15.9. The maximum absolute atomic E-state index is 5.81. The minimum Gasteiger partial charge on any atom is -0.553 e. The molecule has 1 rings (SSSR count). The van der Waals surface area contributed by atoms with Gasteiger partial charge in [-0.15, -0.1) is 0 Å². The van der Waals surface area contributed by atoms with Crippen LogP contribution in [0, 0.1) is 0 Å². The molecule has 0 aliphatic carbocycles. The van der Waals surface area contributed by atoms with Crippen molar-refractivity contribution in [3.8, 4) is 5.75 Å². The summed E-state index contributed by atoms with van der Waals surface area (Å²) in [6.45, 7) is 20.7. The Labute approximate surface area is 128 Å². The first-order valence-corrected chi connectivity index (χ1v) is 8.34. The Kier molecular flexibility index (Phi) is 4.51. The third-order valence-corrected chi connectivity index (χ3v) is 4.13. The van der Waals surface area contributed by atoms with E-state index in [1.54, 1.807) is 0 Å². The molecule has 0 atom stereocenters. The monoisotopic (exact) mass is 292 g/mol. The van der Waals surface area contributed by atoms with Gasteiger partial charge in [-0.25, -0.2) is 0 Å². The molecule has 0 aliphatic heterocycles. The van der Waals surface area contributed by atoms with Crippen LogP contribution in [0.3, 0.4) is 0 Å². The van der Waals surface area contributed by atoms with Gasteiger partial charge in [0, 0.05) is 5.56 Å². The van der Waals surface area contributed by atoms with Gasteiger partial charge in [0.1, 0.15) is 5.75 Å². The van der Waals surface area contributed by atoms with E-state index < -0.39 is 0 Å². The molecule has 0 bridgehead atoms. The van der Waals surface area contributed by atoms with Crippen LogP contribution >= 0.6 is 0 Å². The average Bonchev–Trinajstić information content (AvgIpc) is 2.23. The van der Waals surface area contributed by atoms with Crippen molar-refractivity contribution >= 4 is 10.5 Å². The lowest BCUT2D eigenvalue weighted by atomic mass is 9.68. The summed E-state index contributed by atoms with van der Waals surface area (Å²) >= 11 is 0. The topological polar surface area (TPSA) is 9.23 Å². The molecule has 0 saturated heterocycles. The molecule has 1 nitrogen and oxygen atoms in total. The maximum Gasteiger partial charge on any atom is 0.204 e. The number of hydrogen-bond donors (Lipinski definition) is 0. The van der Waals surface area contributed by atoms with Gasteiger partial charge in [-0.1, -0.05) is 68.4 Å². The normalized spacial score (nSPS) is 13.7. The fourth-order valence-electron chi connectivity index (χ4n) is 2.90. The van der Waals surface area contributed by atoms with Crippen LogP contribution in [-0.2, 0) is 16.2 Å². The van der Waals surface area contributed by atoms with Gasteiger partial charge < -0.3 is 4.43 Å². The summed E-state index contributed by atoms with van der Waals surface area (Å²) in [5.74, 6) is 1.07. The first-order valence-electron chi connectivity index (χ1n) is 7.52. The summed E-state index contributed by atoms with van der Waals surface area (Å²) in [5.41, 5.74) is 4.63. The minimum atomic E-state index is 0.0869. The predicted molar refractivity (Wildman–Crippen MR) is 93.1 cm³/mol. The largest absolute Gasteiger partial charge is 0.553 e. The fraction of sp³-hybridized carbons (Fsp3) is 0.667. The van der Waals surface area contributed by atoms with E-state index in [1.807, 2.05) is 0 Å². The Morgan fingerprint density at radius 3 is 1.45 bits per heavy atom. The molecule has 0 fully saturated rings. The van der Waals surface area contributed by atoms with Crippen LogP contribution < -0.4 is 4.43 Å². The highest BCUT2D eigenvalue weighted by atomic mass is 28.2. The summed E-state index contributed by atoms with van der Waals surface area (Å²) < 4.78 is 5.81. The average molecular weight is 293 g/mol. The van der Waals surface area contributed by atoms with Gasteiger partial charge in [0.2, 0.25) is 10.5 Å². The van der Waals surface area contributed by atoms with E-state index >= 15 is 0 Å². The Morgan fingerprint density at radius 1 is 0.700 bits per heavy atom. The van der Waals surface area contributed by atoms with Crippen LogP contribution in [0.2, 0.25) is 0 Å². The van der Waals surface area contributed by atoms with E-state index in [0.717, 1.165) is 16.2 Å². The van der Waals surface area contributed by atoms with Crippen molar-refractivity contribution in [2.24, 2.45) is 0 Å². The van der Waals surface area contributed by atoms with E-state index in [-0.39, 0.29) is 16.2 Å². The zero-order valence-electron chi connectivity index (χ0n) is 15.1. The van der Waals surface area contributed by atoms with Crippen LogP contribution in [0.1, 0.15) is 79.0 Å². The summed E-state index contributed by atoms with van der Waals surface area (Å²) in [7, 11) is 0.731. The summed E-state index contributed by atoms with van der Waals surface area (Å²) in [5, 5.41) is 0. The molecule has 2 heteroatoms. The number of benzene rings is 1. The lowest BCUT2D eigenvalue weighted by Gasteiger charge is -2.37. The molecule has 0 aliphatic rings. The van der Waals surface area contributed by atoms with Crippen molar-refractivity contribution in [2.45, 2.75) is 78.6 Å². The molecule has 0 aromatic heterocycles. The van der Waals surface area contributed by atoms with Crippen molar-refractivity contribution < 1.29 is 4.43 Å². The van der Waals surface area contributed by atoms with Crippen molar-refractivity contribution in [1.82, 2.24) is 0 Å². The standard InChI is InChI=1S/C18H32OSi/c1-16(2,3)12-10-11-13(19-20)15(18(7,8)9)14(12)17(4,5)6/h10-11H,1-9,20H3. The van der Waals surface area contributed by atoms with E-state index in [4.69, 9.17) is 4.43 Å². The number of rotatable bonds is 1. The predicted octanol–water partition coefficient (Wildman–Crippen LogP) is 4.24. The molecule has 0 N–H and O–H groups in total. The second kappa shape index (κ2) is 5.21. The minimum absolute atomic E-state index is 0.0869. The fourth-order valence-corrected chi connectivity index (χ4v) is 3.24. The van der Waals surface area contributed by atoms with E-state index in [0.29, 0.717) is 0 Å². The van der Waals surface area contributed by atoms with Gasteiger partial charge in [0.25, 0.3) is 0 Å². The van der Waals surface area contributed by atoms with Gasteiger partial charge in [-0.3, -0.25) is 0 Å². The molecule has 0 radical (unpaired) electrons. The molecule has 0 unspecified atom stereocenters. The first kappa shape index (κ1) is 17.3. The van der Waals surface area contributed by atoms with E-state index in [2.05, 4.69) is 74.4 Å². The third kappa shape index (κ3) is 3.46. The second-order valence-corrected chi connectivity index (χ2v) is 9.22. The van der Waals surface area contributed by atoms with Crippen molar-refractivity contribution in [3.05, 3.63) is 28.8 Å². The highest BCUT2D eigenvalue weighted by Crippen LogP contribution is 2.44. The Bertz CT molecular complexity index is 482. The van der Waals surface area contributed by atoms with Crippen LogP contribution in [0.5, 0.6) is 5.75 Å². The second-order valence-electron chi connectivity index (χ2n) is 8.82. The van der Waals surface area contributed by atoms with Crippen molar-refractivity contribution in [3.63, 3.8) is 0 Å². The Balaban J connectivity index is 3.87. The molecular weight excluding hydrogens is 260 g/mol. The van der Waals surface area contributed by atoms with Gasteiger partial charge >= 0.3 is 0 Å². The molecular formula is C18H32OSi. The van der Waals surface area contributed by atoms with Crippen LogP contribution in [-0.4, -0.2) is 10.5 Å². The molecule has 1 aromatic rings. The van der Waals surface area contributed by atoms with Gasteiger partial charge in [-0.2, -0.15) is 0 Å². The van der Waals surface area contributed by atoms with Gasteiger partial charge in [0.15, 0.2) is 0 Å². The smallest absolute Gasteiger partial charge is 0.204 e. The third-order valence-electron chi connectivity index (χ3n) is 3.70. The summed E-state index contributed by atoms with van der Waals surface area (Å²) in [6.07, 6.45) is 0. The lowest BCUT2D eigenvalue weighted by molar-refractivity contribution is 0.477.